The van der Waals surface area contributed by atoms with Gasteiger partial charge in [-0.15, -0.1) is 0 Å². The van der Waals surface area contributed by atoms with Crippen molar-refractivity contribution < 1.29 is 4.52 Å². The van der Waals surface area contributed by atoms with Gasteiger partial charge in [0.15, 0.2) is 5.65 Å². The summed E-state index contributed by atoms with van der Waals surface area (Å²) in [5.41, 5.74) is 3.10. The van der Waals surface area contributed by atoms with E-state index in [-0.39, 0.29) is 11.1 Å². The number of nitrogens with zero attached hydrogens (tertiary/aromatic N) is 5. The minimum absolute atomic E-state index is 0.131. The van der Waals surface area contributed by atoms with E-state index in [1.165, 1.54) is 16.5 Å². The fraction of sp³-hybridized carbons (Fsp3) is 0.556. The van der Waals surface area contributed by atoms with Crippen molar-refractivity contribution >= 4 is 5.65 Å². The third-order valence-electron chi connectivity index (χ3n) is 4.82. The first-order valence-electron chi connectivity index (χ1n) is 8.85. The molecule has 0 atom stereocenters. The average molecular weight is 341 g/mol. The van der Waals surface area contributed by atoms with Crippen LogP contribution >= 0.6 is 0 Å². The molecule has 0 N–H and O–H groups in total. The standard InChI is InChI=1S/C18H23N5O2/c1-18(2,3)15-9-16-19-11-22(17(24)23(16)20-15)10-13-12-7-5-4-6-8-14(12)25-21-13/h9,11H,4-8,10H2,1-3H3. The van der Waals surface area contributed by atoms with Crippen LogP contribution in [0.3, 0.4) is 0 Å². The summed E-state index contributed by atoms with van der Waals surface area (Å²) in [7, 11) is 0. The lowest BCUT2D eigenvalue weighted by atomic mass is 9.93. The van der Waals surface area contributed by atoms with Crippen molar-refractivity contribution in [1.82, 2.24) is 24.3 Å². The van der Waals surface area contributed by atoms with Gasteiger partial charge in [0.1, 0.15) is 17.8 Å². The van der Waals surface area contributed by atoms with Crippen molar-refractivity contribution in [3.8, 4) is 0 Å². The maximum Gasteiger partial charge on any atom is 0.352 e. The van der Waals surface area contributed by atoms with Gasteiger partial charge in [0, 0.05) is 23.5 Å². The van der Waals surface area contributed by atoms with Crippen LogP contribution in [0.2, 0.25) is 0 Å². The van der Waals surface area contributed by atoms with Gasteiger partial charge in [0.05, 0.1) is 12.2 Å². The largest absolute Gasteiger partial charge is 0.361 e. The number of hydrogen-bond acceptors (Lipinski definition) is 5. The second-order valence-corrected chi connectivity index (χ2v) is 7.80. The molecule has 0 aromatic carbocycles. The molecule has 1 aliphatic carbocycles. The first kappa shape index (κ1) is 16.1. The molecule has 0 spiro atoms. The summed E-state index contributed by atoms with van der Waals surface area (Å²) < 4.78 is 8.43. The zero-order chi connectivity index (χ0) is 17.6. The summed E-state index contributed by atoms with van der Waals surface area (Å²) >= 11 is 0. The van der Waals surface area contributed by atoms with Crippen molar-refractivity contribution in [3.05, 3.63) is 45.6 Å². The van der Waals surface area contributed by atoms with Gasteiger partial charge in [-0.1, -0.05) is 32.3 Å². The van der Waals surface area contributed by atoms with Gasteiger partial charge in [-0.3, -0.25) is 4.57 Å². The van der Waals surface area contributed by atoms with Gasteiger partial charge < -0.3 is 4.52 Å². The Kier molecular flexibility index (Phi) is 3.74. The fourth-order valence-electron chi connectivity index (χ4n) is 3.29. The van der Waals surface area contributed by atoms with E-state index in [4.69, 9.17) is 4.52 Å². The van der Waals surface area contributed by atoms with Gasteiger partial charge in [-0.05, 0) is 19.3 Å². The van der Waals surface area contributed by atoms with Gasteiger partial charge in [-0.2, -0.15) is 9.61 Å². The predicted octanol–water partition coefficient (Wildman–Crippen LogP) is 2.49. The second kappa shape index (κ2) is 5.82. The van der Waals surface area contributed by atoms with Crippen LogP contribution in [0.15, 0.2) is 21.7 Å². The molecule has 0 radical (unpaired) electrons. The summed E-state index contributed by atoms with van der Waals surface area (Å²) in [6, 6.07) is 1.87. The molecule has 0 bridgehead atoms. The minimum Gasteiger partial charge on any atom is -0.361 e. The van der Waals surface area contributed by atoms with Gasteiger partial charge in [0.25, 0.3) is 0 Å². The van der Waals surface area contributed by atoms with Crippen LogP contribution in [0.25, 0.3) is 5.65 Å². The Balaban J connectivity index is 1.72. The molecule has 7 heteroatoms. The van der Waals surface area contributed by atoms with Crippen LogP contribution in [-0.2, 0) is 24.8 Å². The van der Waals surface area contributed by atoms with E-state index in [9.17, 15) is 4.79 Å². The van der Waals surface area contributed by atoms with Gasteiger partial charge in [0.2, 0.25) is 0 Å². The topological polar surface area (TPSA) is 78.2 Å². The summed E-state index contributed by atoms with van der Waals surface area (Å²) in [5.74, 6) is 0.976. The molecular formula is C18H23N5O2. The summed E-state index contributed by atoms with van der Waals surface area (Å²) in [6.07, 6.45) is 6.96. The molecule has 0 fully saturated rings. The molecule has 4 rings (SSSR count). The molecule has 3 aromatic heterocycles. The van der Waals surface area contributed by atoms with Crippen LogP contribution in [0.1, 0.15) is 62.7 Å². The summed E-state index contributed by atoms with van der Waals surface area (Å²) in [5, 5.41) is 8.66. The van der Waals surface area contributed by atoms with Crippen molar-refractivity contribution in [3.63, 3.8) is 0 Å². The van der Waals surface area contributed by atoms with Crippen molar-refractivity contribution in [2.75, 3.05) is 0 Å². The second-order valence-electron chi connectivity index (χ2n) is 7.80. The zero-order valence-corrected chi connectivity index (χ0v) is 14.9. The molecule has 3 heterocycles. The van der Waals surface area contributed by atoms with E-state index in [0.29, 0.717) is 12.2 Å². The molecular weight excluding hydrogens is 318 g/mol. The Labute approximate surface area is 145 Å². The van der Waals surface area contributed by atoms with E-state index in [0.717, 1.165) is 42.8 Å². The SMILES string of the molecule is CC(C)(C)c1cc2ncn(Cc3noc4c3CCCCC4)c(=O)n2n1. The lowest BCUT2D eigenvalue weighted by molar-refractivity contribution is 0.372. The van der Waals surface area contributed by atoms with Crippen molar-refractivity contribution in [1.29, 1.82) is 0 Å². The molecule has 3 aromatic rings. The van der Waals surface area contributed by atoms with Crippen LogP contribution in [-0.4, -0.2) is 24.3 Å². The van der Waals surface area contributed by atoms with E-state index in [2.05, 4.69) is 36.0 Å². The third kappa shape index (κ3) is 2.88. The monoisotopic (exact) mass is 341 g/mol. The molecule has 1 aliphatic rings. The lowest BCUT2D eigenvalue weighted by Gasteiger charge is -2.13. The number of hydrogen-bond donors (Lipinski definition) is 0. The Bertz CT molecular complexity index is 974. The van der Waals surface area contributed by atoms with Crippen LogP contribution < -0.4 is 5.69 Å². The highest BCUT2D eigenvalue weighted by molar-refractivity contribution is 5.39. The third-order valence-corrected chi connectivity index (χ3v) is 4.82. The summed E-state index contributed by atoms with van der Waals surface area (Å²) in [6.45, 7) is 6.57. The number of aromatic nitrogens is 5. The zero-order valence-electron chi connectivity index (χ0n) is 14.9. The van der Waals surface area contributed by atoms with Crippen LogP contribution in [0.4, 0.5) is 0 Å². The molecule has 0 aliphatic heterocycles. The van der Waals surface area contributed by atoms with Crippen molar-refractivity contribution in [2.45, 2.75) is 64.8 Å². The molecule has 0 amide bonds. The quantitative estimate of drug-likeness (QED) is 0.669. The summed E-state index contributed by atoms with van der Waals surface area (Å²) in [4.78, 5) is 17.2. The molecule has 7 nitrogen and oxygen atoms in total. The molecule has 0 saturated carbocycles. The highest BCUT2D eigenvalue weighted by Gasteiger charge is 2.21. The minimum atomic E-state index is -0.203. The first-order valence-corrected chi connectivity index (χ1v) is 8.85. The lowest BCUT2D eigenvalue weighted by Crippen LogP contribution is -2.28. The number of aryl methyl sites for hydroxylation is 1. The molecule has 0 unspecified atom stereocenters. The van der Waals surface area contributed by atoms with E-state index in [1.807, 2.05) is 6.07 Å². The normalized spacial score (nSPS) is 15.3. The van der Waals surface area contributed by atoms with E-state index in [1.54, 1.807) is 10.9 Å². The highest BCUT2D eigenvalue weighted by atomic mass is 16.5. The van der Waals surface area contributed by atoms with E-state index >= 15 is 0 Å². The Morgan fingerprint density at radius 3 is 2.80 bits per heavy atom. The predicted molar refractivity (Wildman–Crippen MR) is 92.8 cm³/mol. The highest BCUT2D eigenvalue weighted by Crippen LogP contribution is 2.24. The van der Waals surface area contributed by atoms with Crippen molar-refractivity contribution in [2.24, 2.45) is 0 Å². The Morgan fingerprint density at radius 1 is 1.20 bits per heavy atom. The Hall–Kier alpha value is -2.44. The average Bonchev–Trinajstić information content (AvgIpc) is 3.08. The maximum absolute atomic E-state index is 12.8. The number of rotatable bonds is 2. The maximum atomic E-state index is 12.8. The Morgan fingerprint density at radius 2 is 2.00 bits per heavy atom. The smallest absolute Gasteiger partial charge is 0.352 e. The molecule has 25 heavy (non-hydrogen) atoms. The van der Waals surface area contributed by atoms with E-state index < -0.39 is 0 Å². The molecule has 0 saturated heterocycles. The van der Waals surface area contributed by atoms with Gasteiger partial charge >= 0.3 is 5.69 Å². The van der Waals surface area contributed by atoms with Crippen LogP contribution in [0.5, 0.6) is 0 Å². The first-order chi connectivity index (χ1) is 11.9. The number of fused-ring (bicyclic) bond motifs is 2. The molecule has 132 valence electrons. The van der Waals surface area contributed by atoms with Gasteiger partial charge in [-0.25, -0.2) is 9.78 Å². The van der Waals surface area contributed by atoms with Crippen LogP contribution in [0, 0.1) is 0 Å². The fourth-order valence-corrected chi connectivity index (χ4v) is 3.29.